The van der Waals surface area contributed by atoms with Crippen molar-refractivity contribution < 1.29 is 14.3 Å². The van der Waals surface area contributed by atoms with Crippen LogP contribution >= 0.6 is 27.5 Å². The molecule has 0 aliphatic carbocycles. The van der Waals surface area contributed by atoms with Crippen molar-refractivity contribution in [3.8, 4) is 0 Å². The van der Waals surface area contributed by atoms with Crippen LogP contribution in [0.25, 0.3) is 0 Å². The molecule has 1 rings (SSSR count). The fourth-order valence-corrected chi connectivity index (χ4v) is 1.81. The van der Waals surface area contributed by atoms with E-state index in [2.05, 4.69) is 21.2 Å². The molecular weight excluding hydrogens is 321 g/mol. The zero-order chi connectivity index (χ0) is 13.7. The molecule has 4 nitrogen and oxygen atoms in total. The topological polar surface area (TPSA) is 55.4 Å². The highest BCUT2D eigenvalue weighted by atomic mass is 79.9. The van der Waals surface area contributed by atoms with Crippen LogP contribution in [-0.4, -0.2) is 24.5 Å². The summed E-state index contributed by atoms with van der Waals surface area (Å²) in [5.41, 5.74) is 0.358. The molecule has 0 radical (unpaired) electrons. The van der Waals surface area contributed by atoms with Crippen molar-refractivity contribution in [1.29, 1.82) is 0 Å². The molecule has 0 saturated carbocycles. The number of nitrogens with one attached hydrogen (secondary N) is 1. The maximum absolute atomic E-state index is 11.8. The Bertz CT molecular complexity index is 465. The third-order valence-corrected chi connectivity index (χ3v) is 3.02. The smallest absolute Gasteiger partial charge is 0.339 e. The Balaban J connectivity index is 2.64. The van der Waals surface area contributed by atoms with E-state index in [1.54, 1.807) is 19.1 Å². The van der Waals surface area contributed by atoms with Crippen molar-refractivity contribution in [3.63, 3.8) is 0 Å². The predicted octanol–water partition coefficient (Wildman–Crippen LogP) is 2.78. The normalized spacial score (nSPS) is 11.8. The van der Waals surface area contributed by atoms with Crippen LogP contribution in [0.5, 0.6) is 0 Å². The van der Waals surface area contributed by atoms with E-state index >= 15 is 0 Å². The molecular formula is C12H13BrClNO3. The summed E-state index contributed by atoms with van der Waals surface area (Å²) in [7, 11) is 0. The van der Waals surface area contributed by atoms with E-state index in [0.29, 0.717) is 15.1 Å². The largest absolute Gasteiger partial charge is 0.457 e. The molecule has 1 amide bonds. The number of hydrogen-bond donors (Lipinski definition) is 1. The van der Waals surface area contributed by atoms with Gasteiger partial charge in [0, 0.05) is 16.4 Å². The molecule has 0 fully saturated rings. The zero-order valence-corrected chi connectivity index (χ0v) is 12.3. The summed E-state index contributed by atoms with van der Waals surface area (Å²) in [6.45, 7) is 3.38. The van der Waals surface area contributed by atoms with Gasteiger partial charge in [0.2, 0.25) is 5.91 Å². The molecule has 1 aromatic rings. The Kier molecular flexibility index (Phi) is 5.62. The molecule has 1 unspecified atom stereocenters. The predicted molar refractivity (Wildman–Crippen MR) is 72.7 cm³/mol. The fraction of sp³-hybridized carbons (Fsp3) is 0.333. The Labute approximate surface area is 119 Å². The Hall–Kier alpha value is -1.07. The summed E-state index contributed by atoms with van der Waals surface area (Å²) in [6, 6.07) is 4.87. The molecule has 0 aliphatic rings. The van der Waals surface area contributed by atoms with Crippen molar-refractivity contribution >= 4 is 39.4 Å². The first-order valence-electron chi connectivity index (χ1n) is 5.30. The van der Waals surface area contributed by atoms with Crippen LogP contribution in [0.3, 0.4) is 0 Å². The summed E-state index contributed by atoms with van der Waals surface area (Å²) >= 11 is 9.07. The summed E-state index contributed by atoms with van der Waals surface area (Å²) in [6.07, 6.45) is -0.410. The molecule has 98 valence electrons. The van der Waals surface area contributed by atoms with E-state index in [4.69, 9.17) is 16.3 Å². The summed E-state index contributed by atoms with van der Waals surface area (Å²) in [4.78, 5) is 22.6. The zero-order valence-electron chi connectivity index (χ0n) is 10.00. The number of rotatable bonds is 4. The van der Waals surface area contributed by atoms with Crippen LogP contribution in [0.4, 0.5) is 0 Å². The molecule has 6 heteroatoms. The van der Waals surface area contributed by atoms with Crippen LogP contribution in [0.15, 0.2) is 22.7 Å². The first-order valence-corrected chi connectivity index (χ1v) is 6.47. The van der Waals surface area contributed by atoms with Gasteiger partial charge in [-0.05, 0) is 41.1 Å². The molecule has 1 atom stereocenters. The van der Waals surface area contributed by atoms with Crippen molar-refractivity contribution in [2.75, 3.05) is 6.54 Å². The lowest BCUT2D eigenvalue weighted by molar-refractivity contribution is -0.119. The molecule has 0 saturated heterocycles. The van der Waals surface area contributed by atoms with Crippen LogP contribution in [0, 0.1) is 0 Å². The monoisotopic (exact) mass is 333 g/mol. The van der Waals surface area contributed by atoms with Gasteiger partial charge in [-0.15, -0.1) is 0 Å². The number of carbonyl (C=O) groups is 2. The van der Waals surface area contributed by atoms with Crippen molar-refractivity contribution in [2.24, 2.45) is 0 Å². The number of benzene rings is 1. The van der Waals surface area contributed by atoms with E-state index in [1.807, 2.05) is 0 Å². The first kappa shape index (κ1) is 15.0. The molecule has 1 N–H and O–H groups in total. The molecule has 0 aromatic heterocycles. The lowest BCUT2D eigenvalue weighted by atomic mass is 10.2. The van der Waals surface area contributed by atoms with E-state index in [0.717, 1.165) is 0 Å². The van der Waals surface area contributed by atoms with E-state index in [9.17, 15) is 9.59 Å². The maximum Gasteiger partial charge on any atom is 0.339 e. The summed E-state index contributed by atoms with van der Waals surface area (Å²) in [5.74, 6) is -0.649. The van der Waals surface area contributed by atoms with E-state index < -0.39 is 12.1 Å². The molecule has 0 heterocycles. The quantitative estimate of drug-likeness (QED) is 0.862. The molecule has 18 heavy (non-hydrogen) atoms. The number of hydrogen-bond acceptors (Lipinski definition) is 3. The minimum Gasteiger partial charge on any atom is -0.457 e. The minimum absolute atomic E-state index is 0.165. The number of halogens is 2. The SMILES string of the molecule is CC(=O)NCC(C)OC(=O)c1cc(Cl)ccc1Br. The van der Waals surface area contributed by atoms with Crippen molar-refractivity contribution in [2.45, 2.75) is 20.0 Å². The molecule has 0 spiro atoms. The Morgan fingerprint density at radius 2 is 2.17 bits per heavy atom. The van der Waals surface area contributed by atoms with E-state index in [1.165, 1.54) is 13.0 Å². The third-order valence-electron chi connectivity index (χ3n) is 2.10. The van der Waals surface area contributed by atoms with Crippen LogP contribution in [0.1, 0.15) is 24.2 Å². The third kappa shape index (κ3) is 4.66. The van der Waals surface area contributed by atoms with Gasteiger partial charge in [0.1, 0.15) is 6.10 Å². The fourth-order valence-electron chi connectivity index (χ4n) is 1.23. The van der Waals surface area contributed by atoms with Gasteiger partial charge < -0.3 is 10.1 Å². The number of esters is 1. The van der Waals surface area contributed by atoms with E-state index in [-0.39, 0.29) is 12.5 Å². The molecule has 0 aliphatic heterocycles. The lowest BCUT2D eigenvalue weighted by Gasteiger charge is -2.14. The molecule has 1 aromatic carbocycles. The first-order chi connectivity index (χ1) is 8.40. The average molecular weight is 335 g/mol. The van der Waals surface area contributed by atoms with Gasteiger partial charge in [-0.25, -0.2) is 4.79 Å². The summed E-state index contributed by atoms with van der Waals surface area (Å²) < 4.78 is 5.79. The van der Waals surface area contributed by atoms with Gasteiger partial charge in [-0.1, -0.05) is 11.6 Å². The van der Waals surface area contributed by atoms with Crippen molar-refractivity contribution in [1.82, 2.24) is 5.32 Å². The molecule has 0 bridgehead atoms. The Morgan fingerprint density at radius 1 is 1.50 bits per heavy atom. The van der Waals surface area contributed by atoms with Crippen LogP contribution < -0.4 is 5.32 Å². The van der Waals surface area contributed by atoms with Gasteiger partial charge in [0.05, 0.1) is 12.1 Å². The second kappa shape index (κ2) is 6.75. The minimum atomic E-state index is -0.484. The van der Waals surface area contributed by atoms with Gasteiger partial charge in [0.25, 0.3) is 0 Å². The van der Waals surface area contributed by atoms with Crippen LogP contribution in [-0.2, 0) is 9.53 Å². The lowest BCUT2D eigenvalue weighted by Crippen LogP contribution is -2.31. The number of amides is 1. The second-order valence-electron chi connectivity index (χ2n) is 3.78. The Morgan fingerprint density at radius 3 is 2.78 bits per heavy atom. The van der Waals surface area contributed by atoms with Gasteiger partial charge in [0.15, 0.2) is 0 Å². The van der Waals surface area contributed by atoms with Gasteiger partial charge in [-0.2, -0.15) is 0 Å². The van der Waals surface area contributed by atoms with Crippen LogP contribution in [0.2, 0.25) is 5.02 Å². The average Bonchev–Trinajstić information content (AvgIpc) is 2.29. The standard InChI is InChI=1S/C12H13BrClNO3/c1-7(6-15-8(2)16)18-12(17)10-5-9(14)3-4-11(10)13/h3-5,7H,6H2,1-2H3,(H,15,16). The number of ether oxygens (including phenoxy) is 1. The summed E-state index contributed by atoms with van der Waals surface area (Å²) in [5, 5.41) is 3.03. The maximum atomic E-state index is 11.8. The highest BCUT2D eigenvalue weighted by molar-refractivity contribution is 9.10. The second-order valence-corrected chi connectivity index (χ2v) is 5.07. The van der Waals surface area contributed by atoms with Crippen molar-refractivity contribution in [3.05, 3.63) is 33.3 Å². The highest BCUT2D eigenvalue weighted by Gasteiger charge is 2.15. The van der Waals surface area contributed by atoms with Gasteiger partial charge >= 0.3 is 5.97 Å². The van der Waals surface area contributed by atoms with Gasteiger partial charge in [-0.3, -0.25) is 4.79 Å². The highest BCUT2D eigenvalue weighted by Crippen LogP contribution is 2.22. The number of carbonyl (C=O) groups excluding carboxylic acids is 2.